The summed E-state index contributed by atoms with van der Waals surface area (Å²) in [6.45, 7) is 0.362. The van der Waals surface area contributed by atoms with Crippen LogP contribution >= 0.6 is 11.6 Å². The van der Waals surface area contributed by atoms with Gasteiger partial charge in [-0.05, 0) is 23.3 Å². The van der Waals surface area contributed by atoms with Crippen LogP contribution in [0.2, 0.25) is 0 Å². The van der Waals surface area contributed by atoms with Crippen molar-refractivity contribution in [3.8, 4) is 0 Å². The molecule has 0 saturated heterocycles. The van der Waals surface area contributed by atoms with Gasteiger partial charge in [-0.2, -0.15) is 0 Å². The molecule has 19 heavy (non-hydrogen) atoms. The van der Waals surface area contributed by atoms with Crippen LogP contribution in [0.3, 0.4) is 0 Å². The van der Waals surface area contributed by atoms with Gasteiger partial charge in [0.25, 0.3) is 0 Å². The number of alkyl halides is 1. The Morgan fingerprint density at radius 2 is 1.63 bits per heavy atom. The van der Waals surface area contributed by atoms with E-state index in [-0.39, 0.29) is 6.04 Å². The molecule has 0 aromatic heterocycles. The molecule has 2 aromatic carbocycles. The molecule has 0 fully saturated rings. The first-order valence-electron chi connectivity index (χ1n) is 5.98. The first-order valence-corrected chi connectivity index (χ1v) is 6.52. The molecule has 0 amide bonds. The van der Waals surface area contributed by atoms with Gasteiger partial charge >= 0.3 is 0 Å². The summed E-state index contributed by atoms with van der Waals surface area (Å²) in [6, 6.07) is 13.2. The summed E-state index contributed by atoms with van der Waals surface area (Å²) in [6.07, 6.45) is 0. The number of hydrogen-bond donors (Lipinski definition) is 1. The Balaban J connectivity index is 2.04. The fraction of sp³-hybridized carbons (Fsp3) is 0.200. The van der Waals surface area contributed by atoms with E-state index in [1.165, 1.54) is 12.1 Å². The van der Waals surface area contributed by atoms with Crippen LogP contribution in [-0.4, -0.2) is 5.88 Å². The second-order valence-corrected chi connectivity index (χ2v) is 4.58. The lowest BCUT2D eigenvalue weighted by Crippen LogP contribution is -2.22. The predicted molar refractivity (Wildman–Crippen MR) is 73.1 cm³/mol. The normalized spacial score (nSPS) is 12.4. The molecule has 1 N–H and O–H groups in total. The van der Waals surface area contributed by atoms with E-state index in [2.05, 4.69) is 5.32 Å². The molecule has 2 aromatic rings. The highest BCUT2D eigenvalue weighted by atomic mass is 35.5. The highest BCUT2D eigenvalue weighted by molar-refractivity contribution is 6.18. The number of benzene rings is 2. The Labute approximate surface area is 116 Å². The molecule has 1 unspecified atom stereocenters. The van der Waals surface area contributed by atoms with E-state index in [9.17, 15) is 8.78 Å². The molecule has 4 heteroatoms. The molecule has 1 atom stereocenters. The van der Waals surface area contributed by atoms with Gasteiger partial charge in [0.05, 0.1) is 0 Å². The number of rotatable bonds is 5. The van der Waals surface area contributed by atoms with Gasteiger partial charge in [0.1, 0.15) is 11.6 Å². The Bertz CT molecular complexity index is 511. The highest BCUT2D eigenvalue weighted by Crippen LogP contribution is 2.15. The maximum atomic E-state index is 13.1. The fourth-order valence-electron chi connectivity index (χ4n) is 1.90. The molecule has 0 heterocycles. The Morgan fingerprint density at radius 1 is 1.00 bits per heavy atom. The van der Waals surface area contributed by atoms with Crippen LogP contribution in [0.25, 0.3) is 0 Å². The lowest BCUT2D eigenvalue weighted by molar-refractivity contribution is 0.556. The van der Waals surface area contributed by atoms with Crippen LogP contribution < -0.4 is 5.32 Å². The van der Waals surface area contributed by atoms with E-state index in [0.29, 0.717) is 18.0 Å². The average Bonchev–Trinajstić information content (AvgIpc) is 2.39. The van der Waals surface area contributed by atoms with Crippen molar-refractivity contribution >= 4 is 11.6 Å². The molecule has 0 spiro atoms. The second-order valence-electron chi connectivity index (χ2n) is 4.28. The quantitative estimate of drug-likeness (QED) is 0.816. The summed E-state index contributed by atoms with van der Waals surface area (Å²) in [7, 11) is 0. The summed E-state index contributed by atoms with van der Waals surface area (Å²) < 4.78 is 26.1. The van der Waals surface area contributed by atoms with E-state index in [4.69, 9.17) is 11.6 Å². The van der Waals surface area contributed by atoms with Crippen LogP contribution in [0.1, 0.15) is 17.2 Å². The third-order valence-corrected chi connectivity index (χ3v) is 3.14. The van der Waals surface area contributed by atoms with Gasteiger partial charge in [0, 0.05) is 24.5 Å². The van der Waals surface area contributed by atoms with Gasteiger partial charge in [0.2, 0.25) is 0 Å². The lowest BCUT2D eigenvalue weighted by Gasteiger charge is -2.16. The van der Waals surface area contributed by atoms with Crippen molar-refractivity contribution in [3.05, 3.63) is 71.3 Å². The van der Waals surface area contributed by atoms with Gasteiger partial charge in [-0.3, -0.25) is 0 Å². The second kappa shape index (κ2) is 6.64. The van der Waals surface area contributed by atoms with Crippen LogP contribution in [0.15, 0.2) is 48.5 Å². The van der Waals surface area contributed by atoms with Crippen molar-refractivity contribution in [2.45, 2.75) is 12.6 Å². The summed E-state index contributed by atoms with van der Waals surface area (Å²) in [5, 5.41) is 3.19. The summed E-state index contributed by atoms with van der Waals surface area (Å²) in [4.78, 5) is 0. The topological polar surface area (TPSA) is 12.0 Å². The number of hydrogen-bond acceptors (Lipinski definition) is 1. The molecular formula is C15H14ClF2N. The molecule has 0 bridgehead atoms. The van der Waals surface area contributed by atoms with E-state index < -0.39 is 11.6 Å². The van der Waals surface area contributed by atoms with Crippen LogP contribution in [-0.2, 0) is 6.54 Å². The van der Waals surface area contributed by atoms with Gasteiger partial charge in [-0.1, -0.05) is 30.3 Å². The standard InChI is InChI=1S/C15H14ClF2N/c16-9-15(12-4-2-1-3-5-12)19-10-11-6-13(17)8-14(18)7-11/h1-8,15,19H,9-10H2. The zero-order valence-corrected chi connectivity index (χ0v) is 11.0. The Hall–Kier alpha value is -1.45. The molecule has 2 rings (SSSR count). The van der Waals surface area contributed by atoms with Crippen LogP contribution in [0.4, 0.5) is 8.78 Å². The van der Waals surface area contributed by atoms with E-state index >= 15 is 0 Å². The van der Waals surface area contributed by atoms with Gasteiger partial charge in [-0.15, -0.1) is 11.6 Å². The van der Waals surface area contributed by atoms with Crippen molar-refractivity contribution in [2.75, 3.05) is 5.88 Å². The number of nitrogens with one attached hydrogen (secondary N) is 1. The van der Waals surface area contributed by atoms with Gasteiger partial charge in [0.15, 0.2) is 0 Å². The van der Waals surface area contributed by atoms with E-state index in [1.807, 2.05) is 30.3 Å². The summed E-state index contributed by atoms with van der Waals surface area (Å²) in [5.74, 6) is -0.750. The first-order chi connectivity index (χ1) is 9.19. The molecule has 100 valence electrons. The molecule has 1 nitrogen and oxygen atoms in total. The Morgan fingerprint density at radius 3 is 2.21 bits per heavy atom. The molecule has 0 radical (unpaired) electrons. The van der Waals surface area contributed by atoms with E-state index in [0.717, 1.165) is 11.6 Å². The van der Waals surface area contributed by atoms with Crippen molar-refractivity contribution in [1.29, 1.82) is 0 Å². The summed E-state index contributed by atoms with van der Waals surface area (Å²) >= 11 is 5.92. The third kappa shape index (κ3) is 4.01. The lowest BCUT2D eigenvalue weighted by atomic mass is 10.1. The fourth-order valence-corrected chi connectivity index (χ4v) is 2.19. The summed E-state index contributed by atoms with van der Waals surface area (Å²) in [5.41, 5.74) is 1.61. The van der Waals surface area contributed by atoms with Crippen molar-refractivity contribution < 1.29 is 8.78 Å². The molecule has 0 aliphatic rings. The minimum atomic E-state index is -0.570. The maximum absolute atomic E-state index is 13.1. The van der Waals surface area contributed by atoms with Gasteiger partial charge < -0.3 is 5.32 Å². The van der Waals surface area contributed by atoms with E-state index in [1.54, 1.807) is 0 Å². The molecule has 0 aliphatic carbocycles. The molecular weight excluding hydrogens is 268 g/mol. The maximum Gasteiger partial charge on any atom is 0.126 e. The monoisotopic (exact) mass is 281 g/mol. The smallest absolute Gasteiger partial charge is 0.126 e. The highest BCUT2D eigenvalue weighted by Gasteiger charge is 2.09. The van der Waals surface area contributed by atoms with Gasteiger partial charge in [-0.25, -0.2) is 8.78 Å². The third-order valence-electron chi connectivity index (χ3n) is 2.83. The van der Waals surface area contributed by atoms with Crippen LogP contribution in [0.5, 0.6) is 0 Å². The predicted octanol–water partition coefficient (Wildman–Crippen LogP) is 4.03. The minimum Gasteiger partial charge on any atom is -0.305 e. The van der Waals surface area contributed by atoms with Crippen molar-refractivity contribution in [3.63, 3.8) is 0 Å². The van der Waals surface area contributed by atoms with Crippen LogP contribution in [0, 0.1) is 11.6 Å². The van der Waals surface area contributed by atoms with Crippen molar-refractivity contribution in [1.82, 2.24) is 5.32 Å². The Kier molecular flexibility index (Phi) is 4.88. The average molecular weight is 282 g/mol. The molecule has 0 aliphatic heterocycles. The molecule has 0 saturated carbocycles. The SMILES string of the molecule is Fc1cc(F)cc(CNC(CCl)c2ccccc2)c1. The zero-order chi connectivity index (χ0) is 13.7. The first kappa shape index (κ1) is 14.0. The zero-order valence-electron chi connectivity index (χ0n) is 10.2. The largest absolute Gasteiger partial charge is 0.305 e. The number of halogens is 3. The van der Waals surface area contributed by atoms with Crippen molar-refractivity contribution in [2.24, 2.45) is 0 Å². The minimum absolute atomic E-state index is 0.0470.